The van der Waals surface area contributed by atoms with Crippen molar-refractivity contribution in [2.45, 2.75) is 46.0 Å². The van der Waals surface area contributed by atoms with Crippen LogP contribution in [0.3, 0.4) is 0 Å². The minimum absolute atomic E-state index is 0.108. The first kappa shape index (κ1) is 19.9. The molecule has 9 heteroatoms. The largest absolute Gasteiger partial charge is 0.461 e. The lowest BCUT2D eigenvalue weighted by atomic mass is 9.57. The number of imide groups is 1. The molecule has 0 unspecified atom stereocenters. The molecule has 2 saturated heterocycles. The van der Waals surface area contributed by atoms with Crippen molar-refractivity contribution in [2.75, 3.05) is 26.4 Å². The standard InChI is InChI=1S/C18H26BNO7/c1-11-7-13(19-25-9-18(3,4)10-26-19)15(14(8-11)27-12(2)21)16(22)20-5-6-24-17(20)23/h8,13-15H,5-7,9-10H2,1-4H3/t13-,14-,15+/m1/s1. The lowest BCUT2D eigenvalue weighted by Gasteiger charge is -2.41. The molecule has 3 atom stereocenters. The summed E-state index contributed by atoms with van der Waals surface area (Å²) in [6.45, 7) is 8.66. The number of carbonyl (C=O) groups excluding carboxylic acids is 3. The summed E-state index contributed by atoms with van der Waals surface area (Å²) in [4.78, 5) is 37.8. The van der Waals surface area contributed by atoms with Crippen molar-refractivity contribution in [3.63, 3.8) is 0 Å². The SMILES string of the molecule is CC(=O)O[C@@H]1C=C(C)C[C@@H](B2OCC(C)(C)CO2)[C@@H]1C(=O)N1CCOC1=O. The van der Waals surface area contributed by atoms with Crippen molar-refractivity contribution < 1.29 is 33.2 Å². The highest BCUT2D eigenvalue weighted by atomic mass is 16.6. The van der Waals surface area contributed by atoms with E-state index in [4.69, 9.17) is 18.8 Å². The van der Waals surface area contributed by atoms with Crippen molar-refractivity contribution in [3.05, 3.63) is 11.6 Å². The Morgan fingerprint density at radius 2 is 1.96 bits per heavy atom. The molecule has 0 N–H and O–H groups in total. The quantitative estimate of drug-likeness (QED) is 0.419. The lowest BCUT2D eigenvalue weighted by molar-refractivity contribution is -0.151. The van der Waals surface area contributed by atoms with Crippen LogP contribution < -0.4 is 0 Å². The van der Waals surface area contributed by atoms with E-state index in [1.807, 2.05) is 20.8 Å². The first-order valence-corrected chi connectivity index (χ1v) is 9.24. The molecular weight excluding hydrogens is 353 g/mol. The van der Waals surface area contributed by atoms with E-state index in [1.54, 1.807) is 6.08 Å². The Labute approximate surface area is 159 Å². The third-order valence-electron chi connectivity index (χ3n) is 5.06. The molecule has 3 rings (SSSR count). The van der Waals surface area contributed by atoms with Crippen LogP contribution in [0.1, 0.15) is 34.1 Å². The molecule has 2 aliphatic heterocycles. The van der Waals surface area contributed by atoms with Gasteiger partial charge < -0.3 is 18.8 Å². The van der Waals surface area contributed by atoms with E-state index >= 15 is 0 Å². The van der Waals surface area contributed by atoms with Crippen LogP contribution in [-0.4, -0.2) is 62.5 Å². The molecular formula is C18H26BNO7. The van der Waals surface area contributed by atoms with Gasteiger partial charge in [-0.05, 0) is 19.4 Å². The van der Waals surface area contributed by atoms with Gasteiger partial charge in [0, 0.05) is 31.4 Å². The summed E-state index contributed by atoms with van der Waals surface area (Å²) in [5, 5.41) is 0. The predicted octanol–water partition coefficient (Wildman–Crippen LogP) is 1.79. The first-order chi connectivity index (χ1) is 12.7. The van der Waals surface area contributed by atoms with Gasteiger partial charge in [0.1, 0.15) is 12.7 Å². The smallest absolute Gasteiger partial charge is 0.457 e. The number of hydrogen-bond donors (Lipinski definition) is 0. The minimum Gasteiger partial charge on any atom is -0.457 e. The maximum Gasteiger partial charge on any atom is 0.461 e. The zero-order chi connectivity index (χ0) is 19.8. The Bertz CT molecular complexity index is 652. The molecule has 0 saturated carbocycles. The fourth-order valence-corrected chi connectivity index (χ4v) is 3.81. The van der Waals surface area contributed by atoms with Gasteiger partial charge in [0.15, 0.2) is 0 Å². The number of cyclic esters (lactones) is 1. The lowest BCUT2D eigenvalue weighted by Crippen LogP contribution is -2.52. The first-order valence-electron chi connectivity index (χ1n) is 9.24. The summed E-state index contributed by atoms with van der Waals surface area (Å²) in [6, 6.07) is 0. The average molecular weight is 379 g/mol. The number of ether oxygens (including phenoxy) is 2. The number of carbonyl (C=O) groups is 3. The van der Waals surface area contributed by atoms with Crippen LogP contribution in [0.15, 0.2) is 11.6 Å². The summed E-state index contributed by atoms with van der Waals surface area (Å²) in [5.41, 5.74) is 0.875. The van der Waals surface area contributed by atoms with Crippen LogP contribution in [0.4, 0.5) is 4.79 Å². The number of hydrogen-bond acceptors (Lipinski definition) is 7. The van der Waals surface area contributed by atoms with Crippen LogP contribution >= 0.6 is 0 Å². The van der Waals surface area contributed by atoms with Crippen LogP contribution in [0.5, 0.6) is 0 Å². The van der Waals surface area contributed by atoms with Crippen molar-refractivity contribution in [1.29, 1.82) is 0 Å². The van der Waals surface area contributed by atoms with E-state index in [0.717, 1.165) is 10.5 Å². The Balaban J connectivity index is 1.88. The molecule has 2 fully saturated rings. The van der Waals surface area contributed by atoms with Crippen LogP contribution in [0.25, 0.3) is 0 Å². The van der Waals surface area contributed by atoms with Crippen LogP contribution in [0.2, 0.25) is 5.82 Å². The molecule has 0 radical (unpaired) electrons. The molecule has 0 aromatic carbocycles. The van der Waals surface area contributed by atoms with E-state index in [1.165, 1.54) is 6.92 Å². The van der Waals surface area contributed by atoms with Crippen LogP contribution in [-0.2, 0) is 28.4 Å². The molecule has 8 nitrogen and oxygen atoms in total. The fraction of sp³-hybridized carbons (Fsp3) is 0.722. The third-order valence-corrected chi connectivity index (χ3v) is 5.06. The van der Waals surface area contributed by atoms with Gasteiger partial charge in [-0.2, -0.15) is 0 Å². The number of allylic oxidation sites excluding steroid dienone is 1. The van der Waals surface area contributed by atoms with Gasteiger partial charge in [-0.15, -0.1) is 0 Å². The number of esters is 1. The number of amides is 2. The van der Waals surface area contributed by atoms with Gasteiger partial charge in [0.25, 0.3) is 0 Å². The van der Waals surface area contributed by atoms with Gasteiger partial charge in [-0.25, -0.2) is 9.69 Å². The summed E-state index contributed by atoms with van der Waals surface area (Å²) < 4.78 is 22.2. The normalized spacial score (nSPS) is 30.6. The van der Waals surface area contributed by atoms with Crippen molar-refractivity contribution >= 4 is 25.1 Å². The molecule has 0 spiro atoms. The van der Waals surface area contributed by atoms with Gasteiger partial charge >= 0.3 is 19.2 Å². The van der Waals surface area contributed by atoms with E-state index in [0.29, 0.717) is 19.6 Å². The van der Waals surface area contributed by atoms with Crippen molar-refractivity contribution in [1.82, 2.24) is 4.90 Å². The molecule has 2 amide bonds. The van der Waals surface area contributed by atoms with Crippen LogP contribution in [0, 0.1) is 11.3 Å². The molecule has 148 valence electrons. The fourth-order valence-electron chi connectivity index (χ4n) is 3.81. The highest BCUT2D eigenvalue weighted by molar-refractivity contribution is 6.47. The maximum atomic E-state index is 13.2. The monoisotopic (exact) mass is 379 g/mol. The highest BCUT2D eigenvalue weighted by Gasteiger charge is 2.51. The minimum atomic E-state index is -0.774. The van der Waals surface area contributed by atoms with Gasteiger partial charge in [-0.3, -0.25) is 9.59 Å². The second-order valence-electron chi connectivity index (χ2n) is 8.24. The van der Waals surface area contributed by atoms with Crippen molar-refractivity contribution in [3.8, 4) is 0 Å². The maximum absolute atomic E-state index is 13.2. The van der Waals surface area contributed by atoms with Crippen molar-refractivity contribution in [2.24, 2.45) is 11.3 Å². The Hall–Kier alpha value is -1.87. The zero-order valence-electron chi connectivity index (χ0n) is 16.2. The Morgan fingerprint density at radius 1 is 1.30 bits per heavy atom. The second-order valence-corrected chi connectivity index (χ2v) is 8.24. The third kappa shape index (κ3) is 4.35. The van der Waals surface area contributed by atoms with E-state index in [2.05, 4.69) is 0 Å². The molecule has 0 bridgehead atoms. The molecule has 0 aromatic rings. The number of rotatable bonds is 3. The second kappa shape index (κ2) is 7.63. The topological polar surface area (TPSA) is 91.4 Å². The molecule has 0 aromatic heterocycles. The average Bonchev–Trinajstić information content (AvgIpc) is 2.99. The predicted molar refractivity (Wildman–Crippen MR) is 95.7 cm³/mol. The number of nitrogens with zero attached hydrogens (tertiary/aromatic N) is 1. The Morgan fingerprint density at radius 3 is 2.52 bits per heavy atom. The van der Waals surface area contributed by atoms with E-state index in [-0.39, 0.29) is 24.4 Å². The molecule has 27 heavy (non-hydrogen) atoms. The summed E-state index contributed by atoms with van der Waals surface area (Å²) in [7, 11) is -0.604. The Kier molecular flexibility index (Phi) is 5.62. The van der Waals surface area contributed by atoms with Gasteiger partial charge in [-0.1, -0.05) is 19.4 Å². The summed E-state index contributed by atoms with van der Waals surface area (Å²) >= 11 is 0. The molecule has 3 aliphatic rings. The zero-order valence-corrected chi connectivity index (χ0v) is 16.2. The van der Waals surface area contributed by atoms with Gasteiger partial charge in [0.05, 0.1) is 12.5 Å². The molecule has 1 aliphatic carbocycles. The van der Waals surface area contributed by atoms with E-state index < -0.39 is 37.1 Å². The highest BCUT2D eigenvalue weighted by Crippen LogP contribution is 2.42. The molecule has 2 heterocycles. The van der Waals surface area contributed by atoms with E-state index in [9.17, 15) is 14.4 Å². The van der Waals surface area contributed by atoms with Gasteiger partial charge in [0.2, 0.25) is 5.91 Å². The summed E-state index contributed by atoms with van der Waals surface area (Å²) in [5.74, 6) is -2.04. The summed E-state index contributed by atoms with van der Waals surface area (Å²) in [6.07, 6.45) is 0.888.